The number of hydrogen-bond acceptors (Lipinski definition) is 2. The minimum atomic E-state index is -0.928. The summed E-state index contributed by atoms with van der Waals surface area (Å²) in [7, 11) is 0. The lowest BCUT2D eigenvalue weighted by Crippen LogP contribution is -1.98. The summed E-state index contributed by atoms with van der Waals surface area (Å²) in [5.74, 6) is -0.928. The van der Waals surface area contributed by atoms with E-state index in [9.17, 15) is 9.90 Å². The Kier molecular flexibility index (Phi) is 3.40. The molecular formula is C16H10INO2. The monoisotopic (exact) mass is 375 g/mol. The number of carboxylic acid groups (broad SMARTS) is 1. The van der Waals surface area contributed by atoms with Crippen molar-refractivity contribution in [3.63, 3.8) is 0 Å². The van der Waals surface area contributed by atoms with Crippen molar-refractivity contribution in [3.8, 4) is 11.1 Å². The predicted octanol–water partition coefficient (Wildman–Crippen LogP) is 4.20. The van der Waals surface area contributed by atoms with Crippen LogP contribution in [0.3, 0.4) is 0 Å². The maximum absolute atomic E-state index is 11.3. The predicted molar refractivity (Wildman–Crippen MR) is 86.9 cm³/mol. The Morgan fingerprint density at radius 2 is 1.95 bits per heavy atom. The molecule has 3 rings (SSSR count). The standard InChI is InChI=1S/C16H10INO2/c17-13-5-1-3-10(8-13)14-9-12(16(19)20)7-11-4-2-6-18-15(11)14/h1-9H,(H,19,20). The molecule has 0 amide bonds. The summed E-state index contributed by atoms with van der Waals surface area (Å²) in [6.07, 6.45) is 1.72. The van der Waals surface area contributed by atoms with Crippen LogP contribution >= 0.6 is 22.6 Å². The molecule has 0 saturated carbocycles. The number of aromatic nitrogens is 1. The second-order valence-electron chi connectivity index (χ2n) is 4.41. The fraction of sp³-hybridized carbons (Fsp3) is 0. The zero-order valence-electron chi connectivity index (χ0n) is 10.4. The molecule has 0 aliphatic heterocycles. The molecule has 3 nitrogen and oxygen atoms in total. The van der Waals surface area contributed by atoms with Gasteiger partial charge in [-0.3, -0.25) is 4.98 Å². The van der Waals surface area contributed by atoms with E-state index in [1.54, 1.807) is 18.3 Å². The SMILES string of the molecule is O=C(O)c1cc(-c2cccc(I)c2)c2ncccc2c1. The van der Waals surface area contributed by atoms with Gasteiger partial charge in [-0.1, -0.05) is 18.2 Å². The molecule has 0 spiro atoms. The lowest BCUT2D eigenvalue weighted by molar-refractivity contribution is 0.0697. The Morgan fingerprint density at radius 3 is 2.70 bits per heavy atom. The van der Waals surface area contributed by atoms with E-state index in [0.29, 0.717) is 0 Å². The Bertz CT molecular complexity index is 814. The Hall–Kier alpha value is -1.95. The molecule has 20 heavy (non-hydrogen) atoms. The molecule has 1 aromatic heterocycles. The fourth-order valence-electron chi connectivity index (χ4n) is 2.19. The highest BCUT2D eigenvalue weighted by atomic mass is 127. The highest BCUT2D eigenvalue weighted by molar-refractivity contribution is 14.1. The van der Waals surface area contributed by atoms with Gasteiger partial charge >= 0.3 is 5.97 Å². The van der Waals surface area contributed by atoms with Crippen molar-refractivity contribution in [2.45, 2.75) is 0 Å². The van der Waals surface area contributed by atoms with Crippen LogP contribution in [0.15, 0.2) is 54.7 Å². The van der Waals surface area contributed by atoms with Crippen molar-refractivity contribution in [2.24, 2.45) is 0 Å². The molecule has 1 heterocycles. The third-order valence-electron chi connectivity index (χ3n) is 3.09. The van der Waals surface area contributed by atoms with E-state index in [2.05, 4.69) is 27.6 Å². The Balaban J connectivity index is 2.35. The van der Waals surface area contributed by atoms with Crippen LogP contribution in [0.1, 0.15) is 10.4 Å². The lowest BCUT2D eigenvalue weighted by Gasteiger charge is -2.08. The van der Waals surface area contributed by atoms with Crippen molar-refractivity contribution in [1.82, 2.24) is 4.98 Å². The van der Waals surface area contributed by atoms with Crippen LogP contribution in [0.2, 0.25) is 0 Å². The first-order chi connectivity index (χ1) is 9.65. The van der Waals surface area contributed by atoms with Gasteiger partial charge in [0, 0.05) is 20.7 Å². The zero-order valence-corrected chi connectivity index (χ0v) is 12.5. The van der Waals surface area contributed by atoms with E-state index in [1.807, 2.05) is 36.4 Å². The second kappa shape index (κ2) is 5.20. The molecule has 0 atom stereocenters. The van der Waals surface area contributed by atoms with Crippen molar-refractivity contribution < 1.29 is 9.90 Å². The number of carboxylic acids is 1. The van der Waals surface area contributed by atoms with E-state index >= 15 is 0 Å². The van der Waals surface area contributed by atoms with E-state index in [-0.39, 0.29) is 5.56 Å². The molecule has 0 fully saturated rings. The van der Waals surface area contributed by atoms with Gasteiger partial charge in [-0.2, -0.15) is 0 Å². The number of benzene rings is 2. The Morgan fingerprint density at radius 1 is 1.10 bits per heavy atom. The van der Waals surface area contributed by atoms with E-state index in [0.717, 1.165) is 25.6 Å². The van der Waals surface area contributed by atoms with E-state index in [1.165, 1.54) is 0 Å². The molecule has 1 N–H and O–H groups in total. The van der Waals surface area contributed by atoms with Crippen LogP contribution in [0, 0.1) is 3.57 Å². The molecule has 0 radical (unpaired) electrons. The van der Waals surface area contributed by atoms with Gasteiger partial charge in [-0.15, -0.1) is 0 Å². The number of aromatic carboxylic acids is 1. The summed E-state index contributed by atoms with van der Waals surface area (Å²) in [5, 5.41) is 10.1. The van der Waals surface area contributed by atoms with Gasteiger partial charge in [0.1, 0.15) is 0 Å². The maximum Gasteiger partial charge on any atom is 0.335 e. The largest absolute Gasteiger partial charge is 0.478 e. The summed E-state index contributed by atoms with van der Waals surface area (Å²) in [6, 6.07) is 15.0. The summed E-state index contributed by atoms with van der Waals surface area (Å²) in [5.41, 5.74) is 2.92. The zero-order chi connectivity index (χ0) is 14.1. The molecule has 0 unspecified atom stereocenters. The lowest BCUT2D eigenvalue weighted by atomic mass is 9.99. The fourth-order valence-corrected chi connectivity index (χ4v) is 2.73. The number of nitrogens with zero attached hydrogens (tertiary/aromatic N) is 1. The minimum Gasteiger partial charge on any atom is -0.478 e. The van der Waals surface area contributed by atoms with Gasteiger partial charge in [0.05, 0.1) is 11.1 Å². The number of pyridine rings is 1. The average Bonchev–Trinajstić information content (AvgIpc) is 2.46. The average molecular weight is 375 g/mol. The highest BCUT2D eigenvalue weighted by Gasteiger charge is 2.11. The van der Waals surface area contributed by atoms with E-state index in [4.69, 9.17) is 0 Å². The first kappa shape index (κ1) is 13.1. The number of halogens is 1. The van der Waals surface area contributed by atoms with Crippen LogP contribution in [-0.2, 0) is 0 Å². The third-order valence-corrected chi connectivity index (χ3v) is 3.76. The van der Waals surface area contributed by atoms with Gasteiger partial charge in [0.2, 0.25) is 0 Å². The molecule has 0 bridgehead atoms. The molecule has 0 aliphatic carbocycles. The highest BCUT2D eigenvalue weighted by Crippen LogP contribution is 2.29. The molecule has 0 saturated heterocycles. The summed E-state index contributed by atoms with van der Waals surface area (Å²) in [4.78, 5) is 15.7. The first-order valence-electron chi connectivity index (χ1n) is 6.03. The number of rotatable bonds is 2. The quantitative estimate of drug-likeness (QED) is 0.683. The molecule has 4 heteroatoms. The number of carbonyl (C=O) groups is 1. The second-order valence-corrected chi connectivity index (χ2v) is 5.66. The van der Waals surface area contributed by atoms with Crippen LogP contribution in [0.5, 0.6) is 0 Å². The molecular weight excluding hydrogens is 365 g/mol. The minimum absolute atomic E-state index is 0.277. The van der Waals surface area contributed by atoms with Crippen LogP contribution < -0.4 is 0 Å². The van der Waals surface area contributed by atoms with Crippen molar-refractivity contribution in [1.29, 1.82) is 0 Å². The number of fused-ring (bicyclic) bond motifs is 1. The van der Waals surface area contributed by atoms with Gasteiger partial charge < -0.3 is 5.11 Å². The van der Waals surface area contributed by atoms with Crippen molar-refractivity contribution in [2.75, 3.05) is 0 Å². The Labute approximate surface area is 129 Å². The van der Waals surface area contributed by atoms with Gasteiger partial charge in [-0.25, -0.2) is 4.79 Å². The van der Waals surface area contributed by atoms with E-state index < -0.39 is 5.97 Å². The summed E-state index contributed by atoms with van der Waals surface area (Å²) >= 11 is 2.24. The van der Waals surface area contributed by atoms with Gasteiger partial charge in [0.15, 0.2) is 0 Å². The summed E-state index contributed by atoms with van der Waals surface area (Å²) in [6.45, 7) is 0. The number of hydrogen-bond donors (Lipinski definition) is 1. The topological polar surface area (TPSA) is 50.2 Å². The summed E-state index contributed by atoms with van der Waals surface area (Å²) < 4.78 is 1.10. The molecule has 3 aromatic rings. The van der Waals surface area contributed by atoms with Crippen molar-refractivity contribution in [3.05, 3.63) is 63.9 Å². The van der Waals surface area contributed by atoms with Crippen molar-refractivity contribution >= 4 is 39.5 Å². The normalized spacial score (nSPS) is 10.7. The molecule has 0 aliphatic rings. The van der Waals surface area contributed by atoms with Crippen LogP contribution in [0.25, 0.3) is 22.0 Å². The third kappa shape index (κ3) is 2.38. The van der Waals surface area contributed by atoms with Crippen LogP contribution in [0.4, 0.5) is 0 Å². The smallest absolute Gasteiger partial charge is 0.335 e. The van der Waals surface area contributed by atoms with Gasteiger partial charge in [-0.05, 0) is 58.5 Å². The first-order valence-corrected chi connectivity index (χ1v) is 7.11. The maximum atomic E-state index is 11.3. The van der Waals surface area contributed by atoms with Gasteiger partial charge in [0.25, 0.3) is 0 Å². The van der Waals surface area contributed by atoms with Crippen LogP contribution in [-0.4, -0.2) is 16.1 Å². The molecule has 2 aromatic carbocycles. The molecule has 98 valence electrons.